The molecule has 1 fully saturated rings. The lowest BCUT2D eigenvalue weighted by Crippen LogP contribution is -2.16. The van der Waals surface area contributed by atoms with E-state index in [1.807, 2.05) is 6.07 Å². The lowest BCUT2D eigenvalue weighted by Gasteiger charge is -2.30. The summed E-state index contributed by atoms with van der Waals surface area (Å²) in [5, 5.41) is 10.3. The van der Waals surface area contributed by atoms with Gasteiger partial charge in [-0.15, -0.1) is 0 Å². The summed E-state index contributed by atoms with van der Waals surface area (Å²) in [6, 6.07) is 8.44. The highest BCUT2D eigenvalue weighted by Gasteiger charge is 2.25. The molecule has 0 bridgehead atoms. The Hall–Kier alpha value is -0.820. The van der Waals surface area contributed by atoms with Crippen LogP contribution in [0.2, 0.25) is 0 Å². The lowest BCUT2D eigenvalue weighted by atomic mass is 9.76. The average Bonchev–Trinajstić information content (AvgIpc) is 2.25. The van der Waals surface area contributed by atoms with Crippen molar-refractivity contribution in [1.29, 1.82) is 0 Å². The average molecular weight is 218 g/mol. The van der Waals surface area contributed by atoms with Gasteiger partial charge in [0, 0.05) is 0 Å². The van der Waals surface area contributed by atoms with Crippen molar-refractivity contribution < 1.29 is 5.11 Å². The molecule has 88 valence electrons. The fourth-order valence-electron chi connectivity index (χ4n) is 2.40. The highest BCUT2D eigenvalue weighted by atomic mass is 16.3. The number of hydrogen-bond donors (Lipinski definition) is 1. The monoisotopic (exact) mass is 218 g/mol. The Balaban J connectivity index is 2.24. The number of aliphatic hydroxyl groups excluding tert-OH is 1. The van der Waals surface area contributed by atoms with Crippen LogP contribution in [0.5, 0.6) is 0 Å². The Morgan fingerprint density at radius 2 is 2.00 bits per heavy atom. The largest absolute Gasteiger partial charge is 0.388 e. The molecule has 2 rings (SSSR count). The molecule has 1 aliphatic carbocycles. The summed E-state index contributed by atoms with van der Waals surface area (Å²) in [6.07, 6.45) is 4.68. The number of aliphatic hydroxyl groups is 1. The van der Waals surface area contributed by atoms with E-state index in [1.165, 1.54) is 30.4 Å². The van der Waals surface area contributed by atoms with Gasteiger partial charge in [-0.25, -0.2) is 0 Å². The van der Waals surface area contributed by atoms with Gasteiger partial charge in [-0.2, -0.15) is 0 Å². The van der Waals surface area contributed by atoms with Crippen molar-refractivity contribution in [3.63, 3.8) is 0 Å². The molecule has 1 aliphatic rings. The van der Waals surface area contributed by atoms with Crippen molar-refractivity contribution >= 4 is 0 Å². The Bertz CT molecular complexity index is 341. The first-order valence-corrected chi connectivity index (χ1v) is 6.51. The van der Waals surface area contributed by atoms with Crippen molar-refractivity contribution in [2.24, 2.45) is 5.92 Å². The molecule has 0 spiro atoms. The quantitative estimate of drug-likeness (QED) is 0.808. The predicted octanol–water partition coefficient (Wildman–Crippen LogP) is 4.03. The van der Waals surface area contributed by atoms with Crippen molar-refractivity contribution in [2.75, 3.05) is 0 Å². The molecular formula is C15H22O. The van der Waals surface area contributed by atoms with Crippen LogP contribution in [0.1, 0.15) is 62.7 Å². The van der Waals surface area contributed by atoms with Crippen molar-refractivity contribution in [3.05, 3.63) is 35.4 Å². The number of benzene rings is 1. The molecule has 1 N–H and O–H groups in total. The predicted molar refractivity (Wildman–Crippen MR) is 67.4 cm³/mol. The highest BCUT2D eigenvalue weighted by Crippen LogP contribution is 2.40. The van der Waals surface area contributed by atoms with Crippen LogP contribution in [0.3, 0.4) is 0 Å². The van der Waals surface area contributed by atoms with Gasteiger partial charge in [-0.05, 0) is 35.8 Å². The third kappa shape index (κ3) is 2.15. The van der Waals surface area contributed by atoms with E-state index in [2.05, 4.69) is 32.0 Å². The van der Waals surface area contributed by atoms with Crippen LogP contribution >= 0.6 is 0 Å². The van der Waals surface area contributed by atoms with Crippen LogP contribution < -0.4 is 0 Å². The van der Waals surface area contributed by atoms with Gasteiger partial charge >= 0.3 is 0 Å². The normalized spacial score (nSPS) is 20.2. The molecule has 0 saturated heterocycles. The summed E-state index contributed by atoms with van der Waals surface area (Å²) in [5.41, 5.74) is 2.56. The smallest absolute Gasteiger partial charge is 0.0818 e. The zero-order chi connectivity index (χ0) is 11.5. The van der Waals surface area contributed by atoms with Crippen molar-refractivity contribution in [1.82, 2.24) is 0 Å². The summed E-state index contributed by atoms with van der Waals surface area (Å²) in [5.74, 6) is 1.05. The third-order valence-electron chi connectivity index (χ3n) is 4.04. The zero-order valence-electron chi connectivity index (χ0n) is 10.3. The maximum absolute atomic E-state index is 10.3. The number of rotatable bonds is 4. The van der Waals surface area contributed by atoms with E-state index in [-0.39, 0.29) is 6.10 Å². The lowest BCUT2D eigenvalue weighted by molar-refractivity contribution is 0.113. The van der Waals surface area contributed by atoms with E-state index in [0.717, 1.165) is 6.42 Å². The molecule has 1 nitrogen and oxygen atoms in total. The molecular weight excluding hydrogens is 196 g/mol. The summed E-state index contributed by atoms with van der Waals surface area (Å²) in [7, 11) is 0. The standard InChI is InChI=1S/C15H22O/c1-3-11(2)15(16)14-10-5-4-9-13(14)12-7-6-8-12/h4-5,9-12,15-16H,3,6-8H2,1-2H3. The van der Waals surface area contributed by atoms with Crippen LogP contribution in [0.15, 0.2) is 24.3 Å². The molecule has 0 aliphatic heterocycles. The minimum atomic E-state index is -0.290. The number of hydrogen-bond acceptors (Lipinski definition) is 1. The zero-order valence-corrected chi connectivity index (χ0v) is 10.3. The van der Waals surface area contributed by atoms with Gasteiger partial charge < -0.3 is 5.11 Å². The van der Waals surface area contributed by atoms with E-state index >= 15 is 0 Å². The topological polar surface area (TPSA) is 20.2 Å². The van der Waals surface area contributed by atoms with Gasteiger partial charge in [-0.1, -0.05) is 51.0 Å². The van der Waals surface area contributed by atoms with Crippen molar-refractivity contribution in [3.8, 4) is 0 Å². The van der Waals surface area contributed by atoms with Gasteiger partial charge in [-0.3, -0.25) is 0 Å². The second-order valence-electron chi connectivity index (χ2n) is 5.09. The first kappa shape index (κ1) is 11.7. The highest BCUT2D eigenvalue weighted by molar-refractivity contribution is 5.33. The van der Waals surface area contributed by atoms with E-state index in [0.29, 0.717) is 11.8 Å². The minimum absolute atomic E-state index is 0.290. The molecule has 0 radical (unpaired) electrons. The van der Waals surface area contributed by atoms with E-state index in [9.17, 15) is 5.11 Å². The first-order chi connectivity index (χ1) is 7.74. The van der Waals surface area contributed by atoms with Gasteiger partial charge in [0.2, 0.25) is 0 Å². The molecule has 1 aromatic carbocycles. The van der Waals surface area contributed by atoms with Crippen LogP contribution in [0, 0.1) is 5.92 Å². The summed E-state index contributed by atoms with van der Waals surface area (Å²) >= 11 is 0. The van der Waals surface area contributed by atoms with Gasteiger partial charge in [0.25, 0.3) is 0 Å². The molecule has 1 saturated carbocycles. The third-order valence-corrected chi connectivity index (χ3v) is 4.04. The summed E-state index contributed by atoms with van der Waals surface area (Å²) in [6.45, 7) is 4.27. The molecule has 0 heterocycles. The maximum atomic E-state index is 10.3. The SMILES string of the molecule is CCC(C)C(O)c1ccccc1C1CCC1. The van der Waals surface area contributed by atoms with Gasteiger partial charge in [0.05, 0.1) is 6.10 Å². The van der Waals surface area contributed by atoms with Crippen molar-refractivity contribution in [2.45, 2.75) is 51.6 Å². The fourth-order valence-corrected chi connectivity index (χ4v) is 2.40. The maximum Gasteiger partial charge on any atom is 0.0818 e. The van der Waals surface area contributed by atoms with Crippen LogP contribution in [0.25, 0.3) is 0 Å². The van der Waals surface area contributed by atoms with Gasteiger partial charge in [0.15, 0.2) is 0 Å². The van der Waals surface area contributed by atoms with Crippen LogP contribution in [-0.2, 0) is 0 Å². The summed E-state index contributed by atoms with van der Waals surface area (Å²) in [4.78, 5) is 0. The van der Waals surface area contributed by atoms with E-state index < -0.39 is 0 Å². The Labute approximate surface area is 98.5 Å². The molecule has 1 heteroatoms. The summed E-state index contributed by atoms with van der Waals surface area (Å²) < 4.78 is 0. The van der Waals surface area contributed by atoms with Gasteiger partial charge in [0.1, 0.15) is 0 Å². The molecule has 2 atom stereocenters. The Morgan fingerprint density at radius 3 is 2.56 bits per heavy atom. The van der Waals surface area contributed by atoms with Crippen LogP contribution in [-0.4, -0.2) is 5.11 Å². The van der Waals surface area contributed by atoms with E-state index in [4.69, 9.17) is 0 Å². The Morgan fingerprint density at radius 1 is 1.31 bits per heavy atom. The molecule has 2 unspecified atom stereocenters. The molecule has 1 aromatic rings. The van der Waals surface area contributed by atoms with E-state index in [1.54, 1.807) is 0 Å². The van der Waals surface area contributed by atoms with Crippen LogP contribution in [0.4, 0.5) is 0 Å². The fraction of sp³-hybridized carbons (Fsp3) is 0.600. The second-order valence-corrected chi connectivity index (χ2v) is 5.09. The Kier molecular flexibility index (Phi) is 3.65. The molecule has 0 aromatic heterocycles. The second kappa shape index (κ2) is 5.01. The first-order valence-electron chi connectivity index (χ1n) is 6.51. The molecule has 0 amide bonds. The molecule has 16 heavy (non-hydrogen) atoms. The minimum Gasteiger partial charge on any atom is -0.388 e.